The Hall–Kier alpha value is -2.67. The molecule has 28 heavy (non-hydrogen) atoms. The molecule has 0 unspecified atom stereocenters. The summed E-state index contributed by atoms with van der Waals surface area (Å²) in [4.78, 5) is 31.4. The third kappa shape index (κ3) is 4.98. The highest BCUT2D eigenvalue weighted by Crippen LogP contribution is 2.32. The maximum Gasteiger partial charge on any atom is 0.242 e. The molecule has 1 N–H and O–H groups in total. The van der Waals surface area contributed by atoms with Crippen LogP contribution in [0.1, 0.15) is 25.3 Å². The molecular weight excluding hydrogens is 377 g/mol. The van der Waals surface area contributed by atoms with Gasteiger partial charge in [0.15, 0.2) is 5.17 Å². The smallest absolute Gasteiger partial charge is 0.242 e. The summed E-state index contributed by atoms with van der Waals surface area (Å²) < 4.78 is 13.0. The fourth-order valence-electron chi connectivity index (χ4n) is 2.80. The van der Waals surface area contributed by atoms with Gasteiger partial charge in [-0.25, -0.2) is 9.38 Å². The van der Waals surface area contributed by atoms with Crippen LogP contribution >= 0.6 is 11.8 Å². The zero-order valence-corrected chi connectivity index (χ0v) is 16.6. The summed E-state index contributed by atoms with van der Waals surface area (Å²) in [7, 11) is 0. The Balaban J connectivity index is 1.71. The van der Waals surface area contributed by atoms with Crippen LogP contribution in [0.2, 0.25) is 0 Å². The number of thioether (sulfide) groups is 1. The molecule has 2 amide bonds. The Labute approximate surface area is 168 Å². The lowest BCUT2D eigenvalue weighted by Crippen LogP contribution is -2.34. The average Bonchev–Trinajstić information content (AvgIpc) is 2.94. The molecule has 0 spiro atoms. The number of aliphatic imine (C=N–C) groups is 1. The van der Waals surface area contributed by atoms with Crippen molar-refractivity contribution in [2.24, 2.45) is 4.99 Å². The van der Waals surface area contributed by atoms with Gasteiger partial charge in [-0.3, -0.25) is 14.5 Å². The summed E-state index contributed by atoms with van der Waals surface area (Å²) in [6, 6.07) is 13.3. The van der Waals surface area contributed by atoms with E-state index in [2.05, 4.69) is 10.3 Å². The molecule has 146 valence electrons. The first kappa shape index (κ1) is 20.1. The summed E-state index contributed by atoms with van der Waals surface area (Å²) in [5.74, 6) is -0.760. The van der Waals surface area contributed by atoms with Crippen LogP contribution in [0.4, 0.5) is 15.8 Å². The van der Waals surface area contributed by atoms with Crippen LogP contribution in [-0.4, -0.2) is 33.7 Å². The van der Waals surface area contributed by atoms with Crippen molar-refractivity contribution >= 4 is 40.1 Å². The lowest BCUT2D eigenvalue weighted by Gasteiger charge is -2.15. The summed E-state index contributed by atoms with van der Waals surface area (Å²) in [6.07, 6.45) is 0.835. The van der Waals surface area contributed by atoms with Gasteiger partial charge in [-0.05, 0) is 49.7 Å². The molecule has 1 atom stereocenters. The quantitative estimate of drug-likeness (QED) is 0.778. The summed E-state index contributed by atoms with van der Waals surface area (Å²) in [5, 5.41) is 2.81. The molecule has 5 nitrogen and oxygen atoms in total. The third-order valence-electron chi connectivity index (χ3n) is 4.22. The third-order valence-corrected chi connectivity index (χ3v) is 5.40. The van der Waals surface area contributed by atoms with E-state index in [1.165, 1.54) is 36.0 Å². The van der Waals surface area contributed by atoms with Crippen LogP contribution in [-0.2, 0) is 9.59 Å². The Morgan fingerprint density at radius 2 is 1.86 bits per heavy atom. The van der Waals surface area contributed by atoms with Gasteiger partial charge in [-0.2, -0.15) is 0 Å². The van der Waals surface area contributed by atoms with E-state index in [-0.39, 0.29) is 24.1 Å². The Morgan fingerprint density at radius 3 is 2.50 bits per heavy atom. The average molecular weight is 399 g/mol. The van der Waals surface area contributed by atoms with E-state index >= 15 is 0 Å². The molecule has 1 aliphatic rings. The summed E-state index contributed by atoms with van der Waals surface area (Å²) in [6.45, 7) is 4.56. The van der Waals surface area contributed by atoms with E-state index in [9.17, 15) is 14.0 Å². The van der Waals surface area contributed by atoms with E-state index in [4.69, 9.17) is 0 Å². The Morgan fingerprint density at radius 1 is 1.18 bits per heavy atom. The van der Waals surface area contributed by atoms with Crippen molar-refractivity contribution in [2.45, 2.75) is 31.9 Å². The molecule has 0 aliphatic carbocycles. The van der Waals surface area contributed by atoms with E-state index in [0.717, 1.165) is 17.7 Å². The highest BCUT2D eigenvalue weighted by Gasteiger charge is 2.38. The lowest BCUT2D eigenvalue weighted by molar-refractivity contribution is -0.128. The van der Waals surface area contributed by atoms with Gasteiger partial charge in [0.25, 0.3) is 0 Å². The highest BCUT2D eigenvalue weighted by molar-refractivity contribution is 8.15. The number of anilines is 1. The molecule has 0 radical (unpaired) electrons. The second-order valence-electron chi connectivity index (χ2n) is 6.59. The number of amidine groups is 1. The monoisotopic (exact) mass is 399 g/mol. The van der Waals surface area contributed by atoms with E-state index < -0.39 is 5.25 Å². The van der Waals surface area contributed by atoms with Gasteiger partial charge >= 0.3 is 0 Å². The van der Waals surface area contributed by atoms with Gasteiger partial charge in [-0.1, -0.05) is 36.4 Å². The number of hydrogen-bond acceptors (Lipinski definition) is 4. The Kier molecular flexibility index (Phi) is 6.46. The molecule has 2 aromatic carbocycles. The second kappa shape index (κ2) is 9.01. The number of hydrogen-bond donors (Lipinski definition) is 1. The minimum atomic E-state index is -0.517. The van der Waals surface area contributed by atoms with Crippen LogP contribution in [0.5, 0.6) is 0 Å². The highest BCUT2D eigenvalue weighted by atomic mass is 32.2. The molecule has 0 saturated carbocycles. The van der Waals surface area contributed by atoms with Gasteiger partial charge in [0.05, 0.1) is 5.69 Å². The van der Waals surface area contributed by atoms with Crippen molar-refractivity contribution < 1.29 is 14.0 Å². The SMILES string of the molecule is CCCN1C(=O)[C@@H](CC(=O)Nc2ccc(F)cc2)SC1=Nc1ccc(C)cc1. The number of amides is 2. The fraction of sp³-hybridized carbons (Fsp3) is 0.286. The molecule has 2 aromatic rings. The van der Waals surface area contributed by atoms with Crippen LogP contribution in [0.15, 0.2) is 53.5 Å². The predicted octanol–water partition coefficient (Wildman–Crippen LogP) is 4.50. The van der Waals surface area contributed by atoms with Crippen LogP contribution in [0, 0.1) is 12.7 Å². The zero-order chi connectivity index (χ0) is 20.1. The van der Waals surface area contributed by atoms with Gasteiger partial charge in [-0.15, -0.1) is 0 Å². The molecule has 1 saturated heterocycles. The minimum absolute atomic E-state index is 0.0357. The van der Waals surface area contributed by atoms with E-state index in [0.29, 0.717) is 17.4 Å². The maximum atomic E-state index is 13.0. The second-order valence-corrected chi connectivity index (χ2v) is 7.76. The van der Waals surface area contributed by atoms with Crippen LogP contribution < -0.4 is 5.32 Å². The molecular formula is C21H22FN3O2S. The van der Waals surface area contributed by atoms with Crippen LogP contribution in [0.3, 0.4) is 0 Å². The van der Waals surface area contributed by atoms with Crippen molar-refractivity contribution in [1.29, 1.82) is 0 Å². The normalized spacial score (nSPS) is 18.0. The van der Waals surface area contributed by atoms with Crippen molar-refractivity contribution in [3.63, 3.8) is 0 Å². The minimum Gasteiger partial charge on any atom is -0.326 e. The van der Waals surface area contributed by atoms with Crippen LogP contribution in [0.25, 0.3) is 0 Å². The summed E-state index contributed by atoms with van der Waals surface area (Å²) in [5.41, 5.74) is 2.42. The Bertz CT molecular complexity index is 882. The number of benzene rings is 2. The number of halogens is 1. The largest absolute Gasteiger partial charge is 0.326 e. The van der Waals surface area contributed by atoms with Crippen molar-refractivity contribution in [2.75, 3.05) is 11.9 Å². The molecule has 7 heteroatoms. The molecule has 0 bridgehead atoms. The number of nitrogens with one attached hydrogen (secondary N) is 1. The summed E-state index contributed by atoms with van der Waals surface area (Å²) >= 11 is 1.31. The zero-order valence-electron chi connectivity index (χ0n) is 15.8. The van der Waals surface area contributed by atoms with Gasteiger partial charge in [0.1, 0.15) is 11.1 Å². The van der Waals surface area contributed by atoms with Crippen molar-refractivity contribution in [3.8, 4) is 0 Å². The first-order valence-corrected chi connectivity index (χ1v) is 10.0. The maximum absolute atomic E-state index is 13.0. The number of aryl methyl sites for hydroxylation is 1. The lowest BCUT2D eigenvalue weighted by atomic mass is 10.2. The van der Waals surface area contributed by atoms with Gasteiger partial charge < -0.3 is 5.32 Å². The van der Waals surface area contributed by atoms with Crippen molar-refractivity contribution in [1.82, 2.24) is 4.90 Å². The molecule has 3 rings (SSSR count). The first-order valence-electron chi connectivity index (χ1n) is 9.15. The van der Waals surface area contributed by atoms with Gasteiger partial charge in [0.2, 0.25) is 11.8 Å². The van der Waals surface area contributed by atoms with Gasteiger partial charge in [0, 0.05) is 18.7 Å². The fourth-order valence-corrected chi connectivity index (χ4v) is 3.98. The predicted molar refractivity (Wildman–Crippen MR) is 111 cm³/mol. The number of carbonyl (C=O) groups excluding carboxylic acids is 2. The molecule has 0 aromatic heterocycles. The van der Waals surface area contributed by atoms with E-state index in [1.54, 1.807) is 4.90 Å². The topological polar surface area (TPSA) is 61.8 Å². The number of carbonyl (C=O) groups is 2. The van der Waals surface area contributed by atoms with Crippen molar-refractivity contribution in [3.05, 3.63) is 59.9 Å². The molecule has 1 fully saturated rings. The number of nitrogens with zero attached hydrogens (tertiary/aromatic N) is 2. The standard InChI is InChI=1S/C21H22FN3O2S/c1-3-12-25-20(27)18(13-19(26)23-16-10-6-15(22)7-11-16)28-21(25)24-17-8-4-14(2)5-9-17/h4-11,18H,3,12-13H2,1-2H3,(H,23,26)/t18-/m1/s1. The molecule has 1 aliphatic heterocycles. The van der Waals surface area contributed by atoms with E-state index in [1.807, 2.05) is 38.1 Å². The first-order chi connectivity index (χ1) is 13.5. The number of rotatable bonds is 6. The molecule has 1 heterocycles.